The summed E-state index contributed by atoms with van der Waals surface area (Å²) in [5.41, 5.74) is 2.57. The van der Waals surface area contributed by atoms with Gasteiger partial charge in [0.25, 0.3) is 0 Å². The van der Waals surface area contributed by atoms with E-state index in [-0.39, 0.29) is 0 Å². The zero-order chi connectivity index (χ0) is 15.5. The van der Waals surface area contributed by atoms with Crippen LogP contribution in [0.4, 0.5) is 5.82 Å². The molecule has 3 heteroatoms. The van der Waals surface area contributed by atoms with Crippen LogP contribution in [-0.4, -0.2) is 16.0 Å². The van der Waals surface area contributed by atoms with E-state index < -0.39 is 0 Å². The van der Waals surface area contributed by atoms with Gasteiger partial charge in [0.15, 0.2) is 0 Å². The van der Waals surface area contributed by atoms with Crippen LogP contribution in [0.15, 0.2) is 12.9 Å². The van der Waals surface area contributed by atoms with Crippen molar-refractivity contribution in [3.8, 4) is 0 Å². The molecule has 1 aliphatic rings. The predicted octanol–water partition coefficient (Wildman–Crippen LogP) is 4.70. The third kappa shape index (κ3) is 3.84. The zero-order valence-electron chi connectivity index (χ0n) is 13.9. The number of aromatic nitrogens is 2. The molecule has 1 N–H and O–H groups in total. The molecule has 0 aromatic carbocycles. The van der Waals surface area contributed by atoms with Crippen LogP contribution in [0.25, 0.3) is 6.08 Å². The van der Waals surface area contributed by atoms with Crippen LogP contribution in [0.5, 0.6) is 0 Å². The maximum Gasteiger partial charge on any atom is 0.137 e. The highest BCUT2D eigenvalue weighted by Crippen LogP contribution is 2.38. The highest BCUT2D eigenvalue weighted by molar-refractivity contribution is 5.63. The Bertz CT molecular complexity index is 480. The maximum atomic E-state index is 4.43. The van der Waals surface area contributed by atoms with Crippen LogP contribution < -0.4 is 5.32 Å². The van der Waals surface area contributed by atoms with E-state index in [0.717, 1.165) is 29.4 Å². The SMILES string of the molecule is C=Cc1c(CC)ncnc1N[C@H]1CC[C@@H](C(C)(C)C)CC1. The highest BCUT2D eigenvalue weighted by atomic mass is 15.0. The lowest BCUT2D eigenvalue weighted by Gasteiger charge is -2.37. The van der Waals surface area contributed by atoms with Crippen LogP contribution in [0.2, 0.25) is 0 Å². The topological polar surface area (TPSA) is 37.8 Å². The van der Waals surface area contributed by atoms with E-state index in [2.05, 4.69) is 49.6 Å². The molecule has 1 saturated carbocycles. The van der Waals surface area contributed by atoms with Gasteiger partial charge in [-0.25, -0.2) is 9.97 Å². The first-order valence-electron chi connectivity index (χ1n) is 8.18. The summed E-state index contributed by atoms with van der Waals surface area (Å²) in [5, 5.41) is 3.62. The number of nitrogens with one attached hydrogen (secondary N) is 1. The second-order valence-corrected chi connectivity index (χ2v) is 7.20. The van der Waals surface area contributed by atoms with Crippen molar-refractivity contribution in [3.63, 3.8) is 0 Å². The fourth-order valence-corrected chi connectivity index (χ4v) is 3.34. The quantitative estimate of drug-likeness (QED) is 0.872. The van der Waals surface area contributed by atoms with Gasteiger partial charge < -0.3 is 5.32 Å². The molecule has 1 heterocycles. The van der Waals surface area contributed by atoms with Gasteiger partial charge in [-0.3, -0.25) is 0 Å². The molecule has 0 bridgehead atoms. The molecule has 21 heavy (non-hydrogen) atoms. The van der Waals surface area contributed by atoms with Crippen molar-refractivity contribution in [1.82, 2.24) is 9.97 Å². The average molecular weight is 287 g/mol. The summed E-state index contributed by atoms with van der Waals surface area (Å²) in [7, 11) is 0. The Labute approximate surface area is 129 Å². The molecular formula is C18H29N3. The van der Waals surface area contributed by atoms with Gasteiger partial charge in [0.05, 0.1) is 5.69 Å². The lowest BCUT2D eigenvalue weighted by atomic mass is 9.71. The Hall–Kier alpha value is -1.38. The van der Waals surface area contributed by atoms with E-state index in [9.17, 15) is 0 Å². The van der Waals surface area contributed by atoms with Crippen molar-refractivity contribution in [3.05, 3.63) is 24.2 Å². The maximum absolute atomic E-state index is 4.43. The summed E-state index contributed by atoms with van der Waals surface area (Å²) in [6.07, 6.45) is 9.51. The van der Waals surface area contributed by atoms with E-state index in [4.69, 9.17) is 0 Å². The summed E-state index contributed by atoms with van der Waals surface area (Å²) >= 11 is 0. The van der Waals surface area contributed by atoms with Crippen molar-refractivity contribution >= 4 is 11.9 Å². The molecule has 1 aromatic rings. The third-order valence-electron chi connectivity index (χ3n) is 4.80. The molecule has 2 rings (SSSR count). The summed E-state index contributed by atoms with van der Waals surface area (Å²) in [6, 6.07) is 0.530. The molecular weight excluding hydrogens is 258 g/mol. The minimum absolute atomic E-state index is 0.432. The molecule has 0 saturated heterocycles. The lowest BCUT2D eigenvalue weighted by Crippen LogP contribution is -2.32. The van der Waals surface area contributed by atoms with Crippen molar-refractivity contribution in [2.24, 2.45) is 11.3 Å². The minimum atomic E-state index is 0.432. The molecule has 3 nitrogen and oxygen atoms in total. The summed E-state index contributed by atoms with van der Waals surface area (Å²) < 4.78 is 0. The standard InChI is InChI=1S/C18H29N3/c1-6-15-16(7-2)19-12-20-17(15)21-14-10-8-13(9-11-14)18(3,4)5/h6,12-14H,1,7-11H2,2-5H3,(H,19,20,21)/t13-,14+. The molecule has 1 aliphatic carbocycles. The smallest absolute Gasteiger partial charge is 0.137 e. The number of aryl methyl sites for hydroxylation is 1. The second kappa shape index (κ2) is 6.59. The largest absolute Gasteiger partial charge is 0.367 e. The van der Waals surface area contributed by atoms with Gasteiger partial charge in [0.1, 0.15) is 12.1 Å². The lowest BCUT2D eigenvalue weighted by molar-refractivity contribution is 0.173. The van der Waals surface area contributed by atoms with Crippen molar-refractivity contribution in [2.75, 3.05) is 5.32 Å². The van der Waals surface area contributed by atoms with Crippen molar-refractivity contribution in [1.29, 1.82) is 0 Å². The monoisotopic (exact) mass is 287 g/mol. The Kier molecular flexibility index (Phi) is 5.02. The third-order valence-corrected chi connectivity index (χ3v) is 4.80. The van der Waals surface area contributed by atoms with Crippen molar-refractivity contribution in [2.45, 2.75) is 65.8 Å². The van der Waals surface area contributed by atoms with Crippen LogP contribution in [-0.2, 0) is 6.42 Å². The van der Waals surface area contributed by atoms with Gasteiger partial charge in [-0.05, 0) is 43.4 Å². The second-order valence-electron chi connectivity index (χ2n) is 7.20. The number of hydrogen-bond donors (Lipinski definition) is 1. The molecule has 1 fully saturated rings. The molecule has 0 atom stereocenters. The molecule has 0 aliphatic heterocycles. The number of nitrogens with zero attached hydrogens (tertiary/aromatic N) is 2. The first-order chi connectivity index (χ1) is 9.95. The van der Waals surface area contributed by atoms with Gasteiger partial charge in [-0.1, -0.05) is 40.3 Å². The van der Waals surface area contributed by atoms with E-state index in [1.165, 1.54) is 25.7 Å². The van der Waals surface area contributed by atoms with Crippen LogP contribution in [0, 0.1) is 11.3 Å². The van der Waals surface area contributed by atoms with E-state index in [0.29, 0.717) is 11.5 Å². The number of hydrogen-bond acceptors (Lipinski definition) is 3. The summed E-state index contributed by atoms with van der Waals surface area (Å²) in [5.74, 6) is 1.79. The Morgan fingerprint density at radius 2 is 1.90 bits per heavy atom. The minimum Gasteiger partial charge on any atom is -0.367 e. The van der Waals surface area contributed by atoms with E-state index >= 15 is 0 Å². The molecule has 0 spiro atoms. The normalized spacial score (nSPS) is 22.9. The van der Waals surface area contributed by atoms with E-state index in [1.54, 1.807) is 6.33 Å². The molecule has 1 aromatic heterocycles. The molecule has 0 radical (unpaired) electrons. The Morgan fingerprint density at radius 3 is 2.43 bits per heavy atom. The van der Waals surface area contributed by atoms with Gasteiger partial charge in [0.2, 0.25) is 0 Å². The van der Waals surface area contributed by atoms with E-state index in [1.807, 2.05) is 6.08 Å². The van der Waals surface area contributed by atoms with Gasteiger partial charge in [-0.2, -0.15) is 0 Å². The van der Waals surface area contributed by atoms with Gasteiger partial charge in [-0.15, -0.1) is 0 Å². The summed E-state index contributed by atoms with van der Waals surface area (Å²) in [4.78, 5) is 8.77. The molecule has 0 amide bonds. The van der Waals surface area contributed by atoms with Crippen LogP contribution in [0.3, 0.4) is 0 Å². The molecule has 0 unspecified atom stereocenters. The Morgan fingerprint density at radius 1 is 1.24 bits per heavy atom. The fraction of sp³-hybridized carbons (Fsp3) is 0.667. The predicted molar refractivity (Wildman–Crippen MR) is 90.3 cm³/mol. The van der Waals surface area contributed by atoms with Gasteiger partial charge >= 0.3 is 0 Å². The van der Waals surface area contributed by atoms with Crippen LogP contribution in [0.1, 0.15) is 64.6 Å². The Balaban J connectivity index is 2.03. The molecule has 116 valence electrons. The number of rotatable bonds is 4. The fourth-order valence-electron chi connectivity index (χ4n) is 3.34. The van der Waals surface area contributed by atoms with Crippen molar-refractivity contribution < 1.29 is 0 Å². The first kappa shape index (κ1) is 16.0. The van der Waals surface area contributed by atoms with Crippen LogP contribution >= 0.6 is 0 Å². The zero-order valence-corrected chi connectivity index (χ0v) is 13.9. The average Bonchev–Trinajstić information content (AvgIpc) is 2.46. The van der Waals surface area contributed by atoms with Gasteiger partial charge in [0, 0.05) is 11.6 Å². The highest BCUT2D eigenvalue weighted by Gasteiger charge is 2.29. The summed E-state index contributed by atoms with van der Waals surface area (Å²) in [6.45, 7) is 13.1. The first-order valence-corrected chi connectivity index (χ1v) is 8.18. The number of anilines is 1.